The van der Waals surface area contributed by atoms with Crippen LogP contribution < -0.4 is 10.1 Å². The molecule has 0 aliphatic carbocycles. The Balaban J connectivity index is 1.68. The largest absolute Gasteiger partial charge is 0.497 e. The highest BCUT2D eigenvalue weighted by molar-refractivity contribution is 7.12. The molecule has 6 heteroatoms. The third-order valence-electron chi connectivity index (χ3n) is 4.71. The molecule has 118 valence electrons. The molecule has 2 aromatic rings. The van der Waals surface area contributed by atoms with E-state index in [9.17, 15) is 9.59 Å². The molecule has 1 aromatic heterocycles. The van der Waals surface area contributed by atoms with Crippen molar-refractivity contribution in [2.75, 3.05) is 25.5 Å². The number of nitrogens with zero attached hydrogens (tertiary/aromatic N) is 1. The highest BCUT2D eigenvalue weighted by Crippen LogP contribution is 2.45. The Morgan fingerprint density at radius 2 is 2.26 bits per heavy atom. The van der Waals surface area contributed by atoms with Crippen LogP contribution in [0.3, 0.4) is 0 Å². The first-order valence-electron chi connectivity index (χ1n) is 7.47. The van der Waals surface area contributed by atoms with Crippen molar-refractivity contribution in [2.24, 2.45) is 0 Å². The summed E-state index contributed by atoms with van der Waals surface area (Å²) in [6.07, 6.45) is 0.635. The number of hydrogen-bond acceptors (Lipinski definition) is 4. The molecule has 4 rings (SSSR count). The van der Waals surface area contributed by atoms with Gasteiger partial charge in [-0.05, 0) is 41.6 Å². The van der Waals surface area contributed by atoms with E-state index >= 15 is 0 Å². The van der Waals surface area contributed by atoms with Gasteiger partial charge in [-0.3, -0.25) is 9.59 Å². The molecule has 1 fully saturated rings. The summed E-state index contributed by atoms with van der Waals surface area (Å²) in [7, 11) is 1.61. The van der Waals surface area contributed by atoms with Gasteiger partial charge in [-0.25, -0.2) is 0 Å². The normalized spacial score (nSPS) is 22.3. The van der Waals surface area contributed by atoms with E-state index in [1.54, 1.807) is 12.0 Å². The number of rotatable bonds is 2. The predicted octanol–water partition coefficient (Wildman–Crippen LogP) is 2.49. The second-order valence-corrected chi connectivity index (χ2v) is 6.85. The fourth-order valence-corrected chi connectivity index (χ4v) is 4.15. The lowest BCUT2D eigenvalue weighted by atomic mass is 9.81. The maximum atomic E-state index is 12.6. The Hall–Kier alpha value is -2.34. The van der Waals surface area contributed by atoms with Crippen LogP contribution in [0.2, 0.25) is 0 Å². The molecule has 2 aliphatic heterocycles. The van der Waals surface area contributed by atoms with Crippen molar-refractivity contribution in [3.05, 3.63) is 46.2 Å². The molecular weight excluding hydrogens is 312 g/mol. The second kappa shape index (κ2) is 5.09. The van der Waals surface area contributed by atoms with E-state index in [2.05, 4.69) is 5.32 Å². The highest BCUT2D eigenvalue weighted by atomic mass is 32.1. The molecule has 0 bridgehead atoms. The van der Waals surface area contributed by atoms with Crippen LogP contribution in [0.15, 0.2) is 35.7 Å². The Kier molecular flexibility index (Phi) is 3.16. The maximum absolute atomic E-state index is 12.6. The summed E-state index contributed by atoms with van der Waals surface area (Å²) in [5, 5.41) is 4.84. The van der Waals surface area contributed by atoms with Crippen LogP contribution in [-0.4, -0.2) is 36.9 Å². The van der Waals surface area contributed by atoms with Gasteiger partial charge in [0.05, 0.1) is 17.4 Å². The average Bonchev–Trinajstić information content (AvgIpc) is 3.29. The minimum absolute atomic E-state index is 0.000945. The third kappa shape index (κ3) is 2.05. The van der Waals surface area contributed by atoms with Crippen LogP contribution in [0.1, 0.15) is 21.7 Å². The molecule has 0 saturated carbocycles. The fourth-order valence-electron chi connectivity index (χ4n) is 3.46. The summed E-state index contributed by atoms with van der Waals surface area (Å²) in [6.45, 7) is 0.997. The van der Waals surface area contributed by atoms with Crippen molar-refractivity contribution in [3.8, 4) is 5.75 Å². The smallest absolute Gasteiger partial charge is 0.263 e. The lowest BCUT2D eigenvalue weighted by Gasteiger charge is -2.22. The first-order chi connectivity index (χ1) is 11.1. The number of likely N-dealkylation sites (tertiary alicyclic amines) is 1. The van der Waals surface area contributed by atoms with Crippen LogP contribution in [0, 0.1) is 0 Å². The van der Waals surface area contributed by atoms with Crippen LogP contribution >= 0.6 is 11.3 Å². The number of ether oxygens (including phenoxy) is 1. The number of carbonyl (C=O) groups excluding carboxylic acids is 2. The zero-order valence-corrected chi connectivity index (χ0v) is 13.5. The molecule has 0 unspecified atom stereocenters. The Bertz CT molecular complexity index is 787. The molecule has 2 amide bonds. The summed E-state index contributed by atoms with van der Waals surface area (Å²) in [5.74, 6) is 0.700. The minimum Gasteiger partial charge on any atom is -0.497 e. The summed E-state index contributed by atoms with van der Waals surface area (Å²) in [4.78, 5) is 27.7. The van der Waals surface area contributed by atoms with Gasteiger partial charge in [0.2, 0.25) is 5.91 Å². The summed E-state index contributed by atoms with van der Waals surface area (Å²) >= 11 is 1.43. The summed E-state index contributed by atoms with van der Waals surface area (Å²) in [5.41, 5.74) is 1.10. The van der Waals surface area contributed by atoms with Crippen molar-refractivity contribution in [3.63, 3.8) is 0 Å². The van der Waals surface area contributed by atoms with E-state index in [-0.39, 0.29) is 11.8 Å². The number of nitrogens with one attached hydrogen (secondary N) is 1. The molecule has 0 radical (unpaired) electrons. The van der Waals surface area contributed by atoms with Gasteiger partial charge < -0.3 is 15.0 Å². The zero-order chi connectivity index (χ0) is 16.0. The van der Waals surface area contributed by atoms with Gasteiger partial charge in [-0.2, -0.15) is 0 Å². The first kappa shape index (κ1) is 14.3. The van der Waals surface area contributed by atoms with Crippen molar-refractivity contribution < 1.29 is 14.3 Å². The lowest BCUT2D eigenvalue weighted by Crippen LogP contribution is -2.39. The Morgan fingerprint density at radius 1 is 1.39 bits per heavy atom. The number of methoxy groups -OCH3 is 1. The predicted molar refractivity (Wildman–Crippen MR) is 88.1 cm³/mol. The maximum Gasteiger partial charge on any atom is 0.263 e. The van der Waals surface area contributed by atoms with Gasteiger partial charge in [-0.15, -0.1) is 11.3 Å². The van der Waals surface area contributed by atoms with E-state index < -0.39 is 5.41 Å². The molecule has 1 aromatic carbocycles. The number of amides is 2. The molecule has 2 aliphatic rings. The van der Waals surface area contributed by atoms with Crippen LogP contribution in [-0.2, 0) is 10.2 Å². The number of anilines is 1. The van der Waals surface area contributed by atoms with Crippen LogP contribution in [0.5, 0.6) is 5.75 Å². The van der Waals surface area contributed by atoms with Gasteiger partial charge in [0.25, 0.3) is 5.91 Å². The standard InChI is InChI=1S/C17H16N2O3S/c1-22-11-4-5-13-12(9-11)17(16(21)18-13)6-7-19(10-17)15(20)14-3-2-8-23-14/h2-5,8-9H,6-7,10H2,1H3,(H,18,21)/t17-/m1/s1. The van der Waals surface area contributed by atoms with Crippen LogP contribution in [0.4, 0.5) is 5.69 Å². The summed E-state index contributed by atoms with van der Waals surface area (Å²) in [6, 6.07) is 9.30. The number of hydrogen-bond donors (Lipinski definition) is 1. The van der Waals surface area contributed by atoms with Crippen LogP contribution in [0.25, 0.3) is 0 Å². The molecule has 1 spiro atoms. The van der Waals surface area contributed by atoms with Gasteiger partial charge >= 0.3 is 0 Å². The Labute approximate surface area is 137 Å². The minimum atomic E-state index is -0.656. The summed E-state index contributed by atoms with van der Waals surface area (Å²) < 4.78 is 5.29. The first-order valence-corrected chi connectivity index (χ1v) is 8.35. The van der Waals surface area contributed by atoms with Gasteiger partial charge in [0, 0.05) is 18.8 Å². The van der Waals surface area contributed by atoms with Gasteiger partial charge in [0.15, 0.2) is 0 Å². The highest BCUT2D eigenvalue weighted by Gasteiger charge is 2.52. The van der Waals surface area contributed by atoms with E-state index in [0.717, 1.165) is 17.0 Å². The van der Waals surface area contributed by atoms with E-state index in [1.807, 2.05) is 35.7 Å². The molecule has 23 heavy (non-hydrogen) atoms. The third-order valence-corrected chi connectivity index (χ3v) is 5.57. The van der Waals surface area contributed by atoms with E-state index in [0.29, 0.717) is 24.4 Å². The molecular formula is C17H16N2O3S. The lowest BCUT2D eigenvalue weighted by molar-refractivity contribution is -0.120. The Morgan fingerprint density at radius 3 is 3.00 bits per heavy atom. The SMILES string of the molecule is COc1ccc2c(c1)[C@]1(CCN(C(=O)c3cccs3)C1)C(=O)N2. The van der Waals surface area contributed by atoms with Gasteiger partial charge in [0.1, 0.15) is 5.75 Å². The topological polar surface area (TPSA) is 58.6 Å². The van der Waals surface area contributed by atoms with Crippen molar-refractivity contribution in [2.45, 2.75) is 11.8 Å². The van der Waals surface area contributed by atoms with Gasteiger partial charge in [-0.1, -0.05) is 6.07 Å². The van der Waals surface area contributed by atoms with E-state index in [4.69, 9.17) is 4.74 Å². The number of carbonyl (C=O) groups is 2. The zero-order valence-electron chi connectivity index (χ0n) is 12.7. The molecule has 1 saturated heterocycles. The quantitative estimate of drug-likeness (QED) is 0.921. The fraction of sp³-hybridized carbons (Fsp3) is 0.294. The second-order valence-electron chi connectivity index (χ2n) is 5.90. The van der Waals surface area contributed by atoms with Crippen molar-refractivity contribution >= 4 is 28.8 Å². The van der Waals surface area contributed by atoms with E-state index in [1.165, 1.54) is 11.3 Å². The average molecular weight is 328 g/mol. The molecule has 1 atom stereocenters. The monoisotopic (exact) mass is 328 g/mol. The number of thiophene rings is 1. The number of benzene rings is 1. The van der Waals surface area contributed by atoms with Crippen molar-refractivity contribution in [1.82, 2.24) is 4.90 Å². The molecule has 3 heterocycles. The molecule has 5 nitrogen and oxygen atoms in total. The van der Waals surface area contributed by atoms with Crippen molar-refractivity contribution in [1.29, 1.82) is 0 Å². The molecule has 1 N–H and O–H groups in total. The number of fused-ring (bicyclic) bond motifs is 2.